The number of nitrogens with two attached hydrogens (primary N) is 1. The maximum atomic E-state index is 5.75. The molecule has 0 saturated heterocycles. The van der Waals surface area contributed by atoms with Crippen LogP contribution in [0.5, 0.6) is 0 Å². The molecule has 0 atom stereocenters. The average Bonchev–Trinajstić information content (AvgIpc) is 1.96. The first-order valence-electron chi connectivity index (χ1n) is 3.11. The van der Waals surface area contributed by atoms with Crippen molar-refractivity contribution in [1.29, 1.82) is 0 Å². The summed E-state index contributed by atoms with van der Waals surface area (Å²) in [5.41, 5.74) is 7.12. The van der Waals surface area contributed by atoms with Gasteiger partial charge in [-0.25, -0.2) is 4.98 Å². The lowest BCUT2D eigenvalue weighted by Crippen LogP contribution is -1.93. The van der Waals surface area contributed by atoms with Crippen molar-refractivity contribution in [1.82, 2.24) is 4.98 Å². The van der Waals surface area contributed by atoms with Crippen molar-refractivity contribution in [2.45, 2.75) is 11.8 Å². The lowest BCUT2D eigenvalue weighted by atomic mass is 10.3. The van der Waals surface area contributed by atoms with Gasteiger partial charge in [0.25, 0.3) is 0 Å². The highest BCUT2D eigenvalue weighted by atomic mass is 35.5. The molecular formula is C7H9ClN2S. The number of aromatic nitrogens is 1. The molecule has 1 rings (SSSR count). The average molecular weight is 189 g/mol. The molecule has 2 N–H and O–H groups in total. The summed E-state index contributed by atoms with van der Waals surface area (Å²) in [6, 6.07) is 1.92. The van der Waals surface area contributed by atoms with E-state index in [-0.39, 0.29) is 0 Å². The summed E-state index contributed by atoms with van der Waals surface area (Å²) < 4.78 is 0. The SMILES string of the molecule is CSc1cc(C)nc(Cl)c1N. The van der Waals surface area contributed by atoms with Crippen LogP contribution in [0.2, 0.25) is 5.15 Å². The Morgan fingerprint density at radius 1 is 1.64 bits per heavy atom. The van der Waals surface area contributed by atoms with Crippen LogP contribution in [0.25, 0.3) is 0 Å². The molecule has 11 heavy (non-hydrogen) atoms. The summed E-state index contributed by atoms with van der Waals surface area (Å²) in [7, 11) is 0. The van der Waals surface area contributed by atoms with E-state index in [1.807, 2.05) is 19.2 Å². The van der Waals surface area contributed by atoms with Crippen LogP contribution in [0.1, 0.15) is 5.69 Å². The fraction of sp³-hybridized carbons (Fsp3) is 0.286. The third-order valence-electron chi connectivity index (χ3n) is 1.32. The monoisotopic (exact) mass is 188 g/mol. The van der Waals surface area contributed by atoms with Gasteiger partial charge >= 0.3 is 0 Å². The number of halogens is 1. The van der Waals surface area contributed by atoms with Crippen molar-refractivity contribution in [2.75, 3.05) is 12.0 Å². The Hall–Kier alpha value is -0.410. The summed E-state index contributed by atoms with van der Waals surface area (Å²) in [6.07, 6.45) is 1.96. The zero-order valence-electron chi connectivity index (χ0n) is 6.39. The van der Waals surface area contributed by atoms with Crippen molar-refractivity contribution in [3.8, 4) is 0 Å². The van der Waals surface area contributed by atoms with Crippen LogP contribution in [-0.4, -0.2) is 11.2 Å². The Kier molecular flexibility index (Phi) is 2.62. The second-order valence-corrected chi connectivity index (χ2v) is 3.38. The molecule has 2 nitrogen and oxygen atoms in total. The van der Waals surface area contributed by atoms with Crippen LogP contribution in [0.15, 0.2) is 11.0 Å². The predicted octanol–water partition coefficient (Wildman–Crippen LogP) is 2.35. The molecule has 0 radical (unpaired) electrons. The lowest BCUT2D eigenvalue weighted by Gasteiger charge is -2.04. The van der Waals surface area contributed by atoms with Gasteiger partial charge in [-0.15, -0.1) is 11.8 Å². The molecule has 0 saturated carbocycles. The van der Waals surface area contributed by atoms with Crippen molar-refractivity contribution in [3.63, 3.8) is 0 Å². The molecular weight excluding hydrogens is 180 g/mol. The summed E-state index contributed by atoms with van der Waals surface area (Å²) in [5.74, 6) is 0. The van der Waals surface area contributed by atoms with Crippen LogP contribution in [0.4, 0.5) is 5.69 Å². The van der Waals surface area contributed by atoms with E-state index in [1.54, 1.807) is 11.8 Å². The van der Waals surface area contributed by atoms with Gasteiger partial charge in [-0.1, -0.05) is 11.6 Å². The Morgan fingerprint density at radius 2 is 2.27 bits per heavy atom. The number of hydrogen-bond donors (Lipinski definition) is 1. The first kappa shape index (κ1) is 8.68. The van der Waals surface area contributed by atoms with Crippen LogP contribution in [0.3, 0.4) is 0 Å². The van der Waals surface area contributed by atoms with E-state index in [1.165, 1.54) is 0 Å². The smallest absolute Gasteiger partial charge is 0.153 e. The first-order chi connectivity index (χ1) is 5.15. The third kappa shape index (κ3) is 1.79. The molecule has 1 aromatic heterocycles. The van der Waals surface area contributed by atoms with Crippen LogP contribution >= 0.6 is 23.4 Å². The summed E-state index contributed by atoms with van der Waals surface area (Å²) in [4.78, 5) is 5.00. The number of pyridine rings is 1. The van der Waals surface area contributed by atoms with Crippen LogP contribution in [-0.2, 0) is 0 Å². The van der Waals surface area contributed by atoms with Crippen LogP contribution in [0, 0.1) is 6.92 Å². The molecule has 0 bridgehead atoms. The van der Waals surface area contributed by atoms with E-state index in [0.717, 1.165) is 10.6 Å². The van der Waals surface area contributed by atoms with Gasteiger partial charge in [0, 0.05) is 10.6 Å². The van der Waals surface area contributed by atoms with Crippen molar-refractivity contribution in [3.05, 3.63) is 16.9 Å². The maximum Gasteiger partial charge on any atom is 0.153 e. The molecule has 0 unspecified atom stereocenters. The molecule has 0 amide bonds. The molecule has 0 aliphatic rings. The molecule has 0 fully saturated rings. The topological polar surface area (TPSA) is 38.9 Å². The highest BCUT2D eigenvalue weighted by Crippen LogP contribution is 2.28. The zero-order valence-corrected chi connectivity index (χ0v) is 7.96. The number of nitrogen functional groups attached to an aromatic ring is 1. The van der Waals surface area contributed by atoms with Crippen molar-refractivity contribution >= 4 is 29.1 Å². The number of nitrogens with zero attached hydrogens (tertiary/aromatic N) is 1. The number of hydrogen-bond acceptors (Lipinski definition) is 3. The maximum absolute atomic E-state index is 5.75. The summed E-state index contributed by atoms with van der Waals surface area (Å²) in [5, 5.41) is 0.398. The lowest BCUT2D eigenvalue weighted by molar-refractivity contribution is 1.16. The Balaban J connectivity index is 3.24. The quantitative estimate of drug-likeness (QED) is 0.543. The first-order valence-corrected chi connectivity index (χ1v) is 4.72. The molecule has 0 aliphatic heterocycles. The van der Waals surface area contributed by atoms with E-state index >= 15 is 0 Å². The molecule has 0 aromatic carbocycles. The van der Waals surface area contributed by atoms with Gasteiger partial charge in [-0.05, 0) is 19.2 Å². The van der Waals surface area contributed by atoms with Crippen molar-refractivity contribution in [2.24, 2.45) is 0 Å². The third-order valence-corrected chi connectivity index (χ3v) is 2.39. The fourth-order valence-electron chi connectivity index (χ4n) is 0.785. The van der Waals surface area contributed by atoms with Gasteiger partial charge in [0.15, 0.2) is 5.15 Å². The number of anilines is 1. The highest BCUT2D eigenvalue weighted by molar-refractivity contribution is 7.98. The van der Waals surface area contributed by atoms with E-state index in [4.69, 9.17) is 17.3 Å². The minimum Gasteiger partial charge on any atom is -0.395 e. The fourth-order valence-corrected chi connectivity index (χ4v) is 1.68. The highest BCUT2D eigenvalue weighted by Gasteiger charge is 2.04. The zero-order chi connectivity index (χ0) is 8.43. The van der Waals surface area contributed by atoms with Gasteiger partial charge in [0.2, 0.25) is 0 Å². The largest absolute Gasteiger partial charge is 0.395 e. The van der Waals surface area contributed by atoms with Gasteiger partial charge in [-0.2, -0.15) is 0 Å². The van der Waals surface area contributed by atoms with E-state index < -0.39 is 0 Å². The van der Waals surface area contributed by atoms with Gasteiger partial charge in [0.1, 0.15) is 0 Å². The van der Waals surface area contributed by atoms with Gasteiger partial charge < -0.3 is 5.73 Å². The van der Waals surface area contributed by atoms with Gasteiger partial charge in [-0.3, -0.25) is 0 Å². The van der Waals surface area contributed by atoms with Crippen LogP contribution < -0.4 is 5.73 Å². The summed E-state index contributed by atoms with van der Waals surface area (Å²) >= 11 is 7.32. The second-order valence-electron chi connectivity index (χ2n) is 2.17. The molecule has 0 aliphatic carbocycles. The predicted molar refractivity (Wildman–Crippen MR) is 50.2 cm³/mol. The summed E-state index contributed by atoms with van der Waals surface area (Å²) in [6.45, 7) is 1.89. The minimum absolute atomic E-state index is 0.398. The normalized spacial score (nSPS) is 10.1. The molecule has 60 valence electrons. The van der Waals surface area contributed by atoms with Gasteiger partial charge in [0.05, 0.1) is 5.69 Å². The molecule has 4 heteroatoms. The Labute approximate surface area is 75.1 Å². The van der Waals surface area contributed by atoms with E-state index in [0.29, 0.717) is 10.8 Å². The van der Waals surface area contributed by atoms with E-state index in [9.17, 15) is 0 Å². The Morgan fingerprint density at radius 3 is 2.82 bits per heavy atom. The minimum atomic E-state index is 0.398. The van der Waals surface area contributed by atoms with E-state index in [2.05, 4.69) is 4.98 Å². The Bertz CT molecular complexity index is 275. The number of rotatable bonds is 1. The second kappa shape index (κ2) is 3.32. The standard InChI is InChI=1S/C7H9ClN2S/c1-4-3-5(11-2)6(9)7(8)10-4/h3H,9H2,1-2H3. The molecule has 1 heterocycles. The van der Waals surface area contributed by atoms with Crippen molar-refractivity contribution < 1.29 is 0 Å². The number of aryl methyl sites for hydroxylation is 1. The molecule has 0 spiro atoms. The molecule has 1 aromatic rings. The number of thioether (sulfide) groups is 1.